The molecule has 14 heavy (non-hydrogen) atoms. The fourth-order valence-corrected chi connectivity index (χ4v) is 1.45. The van der Waals surface area contributed by atoms with Gasteiger partial charge in [0.25, 0.3) is 0 Å². The van der Waals surface area contributed by atoms with Crippen molar-refractivity contribution in [2.45, 2.75) is 33.6 Å². The lowest BCUT2D eigenvalue weighted by molar-refractivity contribution is 0.104. The third kappa shape index (κ3) is 2.76. The fourth-order valence-electron chi connectivity index (χ4n) is 1.45. The number of ether oxygens (including phenoxy) is 1. The van der Waals surface area contributed by atoms with Crippen molar-refractivity contribution in [3.63, 3.8) is 0 Å². The van der Waals surface area contributed by atoms with Gasteiger partial charge in [-0.15, -0.1) is 0 Å². The van der Waals surface area contributed by atoms with Gasteiger partial charge in [0.2, 0.25) is 0 Å². The molecule has 0 unspecified atom stereocenters. The normalized spacial score (nSPS) is 17.2. The summed E-state index contributed by atoms with van der Waals surface area (Å²) in [6.07, 6.45) is 1.69. The number of amides is 1. The summed E-state index contributed by atoms with van der Waals surface area (Å²) < 4.78 is 5.08. The van der Waals surface area contributed by atoms with Gasteiger partial charge in [0, 0.05) is 13.1 Å². The first-order valence-electron chi connectivity index (χ1n) is 5.22. The van der Waals surface area contributed by atoms with Crippen LogP contribution >= 0.6 is 0 Å². The van der Waals surface area contributed by atoms with Crippen LogP contribution in [-0.4, -0.2) is 30.7 Å². The molecule has 0 radical (unpaired) electrons. The monoisotopic (exact) mass is 197 g/mol. The van der Waals surface area contributed by atoms with Crippen LogP contribution in [0.2, 0.25) is 0 Å². The SMILES string of the molecule is CCCOC(=O)N1CCC(C)=C(C)C1. The van der Waals surface area contributed by atoms with E-state index in [0.717, 1.165) is 25.9 Å². The molecule has 3 heteroatoms. The zero-order valence-electron chi connectivity index (χ0n) is 9.30. The minimum absolute atomic E-state index is 0.168. The van der Waals surface area contributed by atoms with Crippen molar-refractivity contribution in [3.05, 3.63) is 11.1 Å². The number of rotatable bonds is 2. The summed E-state index contributed by atoms with van der Waals surface area (Å²) in [5.41, 5.74) is 2.70. The molecular formula is C11H19NO2. The highest BCUT2D eigenvalue weighted by molar-refractivity contribution is 5.68. The molecule has 0 saturated carbocycles. The molecule has 0 aromatic rings. The maximum absolute atomic E-state index is 11.5. The molecule has 0 bridgehead atoms. The first kappa shape index (κ1) is 11.1. The van der Waals surface area contributed by atoms with Gasteiger partial charge in [0.1, 0.15) is 0 Å². The van der Waals surface area contributed by atoms with Gasteiger partial charge in [-0.2, -0.15) is 0 Å². The van der Waals surface area contributed by atoms with Crippen molar-refractivity contribution in [1.29, 1.82) is 0 Å². The molecule has 0 aromatic carbocycles. The highest BCUT2D eigenvalue weighted by Gasteiger charge is 2.19. The summed E-state index contributed by atoms with van der Waals surface area (Å²) in [5.74, 6) is 0. The van der Waals surface area contributed by atoms with E-state index in [1.165, 1.54) is 11.1 Å². The van der Waals surface area contributed by atoms with Crippen LogP contribution in [0.3, 0.4) is 0 Å². The Bertz CT molecular complexity index is 246. The largest absolute Gasteiger partial charge is 0.449 e. The Kier molecular flexibility index (Phi) is 3.98. The molecule has 1 aliphatic rings. The highest BCUT2D eigenvalue weighted by Crippen LogP contribution is 2.17. The number of hydrogen-bond acceptors (Lipinski definition) is 2. The summed E-state index contributed by atoms with van der Waals surface area (Å²) in [7, 11) is 0. The van der Waals surface area contributed by atoms with Crippen molar-refractivity contribution in [2.24, 2.45) is 0 Å². The molecule has 0 spiro atoms. The third-order valence-electron chi connectivity index (χ3n) is 2.60. The number of carbonyl (C=O) groups excluding carboxylic acids is 1. The fraction of sp³-hybridized carbons (Fsp3) is 0.727. The molecule has 1 heterocycles. The van der Waals surface area contributed by atoms with E-state index < -0.39 is 0 Å². The number of nitrogens with zero attached hydrogens (tertiary/aromatic N) is 1. The second-order valence-corrected chi connectivity index (χ2v) is 3.85. The molecule has 80 valence electrons. The molecule has 0 aliphatic carbocycles. The van der Waals surface area contributed by atoms with Crippen LogP contribution in [0.1, 0.15) is 33.6 Å². The second-order valence-electron chi connectivity index (χ2n) is 3.85. The summed E-state index contributed by atoms with van der Waals surface area (Å²) in [5, 5.41) is 0. The van der Waals surface area contributed by atoms with Crippen molar-refractivity contribution in [3.8, 4) is 0 Å². The quantitative estimate of drug-likeness (QED) is 0.637. The third-order valence-corrected chi connectivity index (χ3v) is 2.60. The van der Waals surface area contributed by atoms with Crippen molar-refractivity contribution < 1.29 is 9.53 Å². The molecular weight excluding hydrogens is 178 g/mol. The van der Waals surface area contributed by atoms with Gasteiger partial charge in [-0.25, -0.2) is 4.79 Å². The Labute approximate surface area is 85.7 Å². The maximum Gasteiger partial charge on any atom is 0.410 e. The van der Waals surface area contributed by atoms with E-state index >= 15 is 0 Å². The van der Waals surface area contributed by atoms with Crippen LogP contribution in [0.25, 0.3) is 0 Å². The van der Waals surface area contributed by atoms with Crippen LogP contribution in [0.5, 0.6) is 0 Å². The lowest BCUT2D eigenvalue weighted by atomic mass is 10.0. The van der Waals surface area contributed by atoms with Gasteiger partial charge >= 0.3 is 6.09 Å². The van der Waals surface area contributed by atoms with Gasteiger partial charge < -0.3 is 9.64 Å². The van der Waals surface area contributed by atoms with Crippen LogP contribution < -0.4 is 0 Å². The first-order chi connectivity index (χ1) is 6.65. The van der Waals surface area contributed by atoms with Crippen LogP contribution in [0, 0.1) is 0 Å². The second kappa shape index (κ2) is 5.03. The van der Waals surface area contributed by atoms with E-state index in [4.69, 9.17) is 4.74 Å². The van der Waals surface area contributed by atoms with Gasteiger partial charge in [-0.3, -0.25) is 0 Å². The molecule has 0 aromatic heterocycles. The summed E-state index contributed by atoms with van der Waals surface area (Å²) >= 11 is 0. The van der Waals surface area contributed by atoms with E-state index in [9.17, 15) is 4.79 Å². The van der Waals surface area contributed by atoms with Gasteiger partial charge in [0.15, 0.2) is 0 Å². The van der Waals surface area contributed by atoms with Crippen LogP contribution in [0.15, 0.2) is 11.1 Å². The number of hydrogen-bond donors (Lipinski definition) is 0. The van der Waals surface area contributed by atoms with E-state index in [1.807, 2.05) is 6.92 Å². The minimum atomic E-state index is -0.168. The van der Waals surface area contributed by atoms with E-state index in [2.05, 4.69) is 13.8 Å². The average Bonchev–Trinajstić information content (AvgIpc) is 2.18. The Balaban J connectivity index is 2.44. The molecule has 3 nitrogen and oxygen atoms in total. The minimum Gasteiger partial charge on any atom is -0.449 e. The lowest BCUT2D eigenvalue weighted by Crippen LogP contribution is -2.36. The first-order valence-corrected chi connectivity index (χ1v) is 5.22. The topological polar surface area (TPSA) is 29.5 Å². The maximum atomic E-state index is 11.5. The van der Waals surface area contributed by atoms with E-state index in [0.29, 0.717) is 6.61 Å². The van der Waals surface area contributed by atoms with Gasteiger partial charge in [0.05, 0.1) is 6.61 Å². The molecule has 1 rings (SSSR count). The predicted octanol–water partition coefficient (Wildman–Crippen LogP) is 2.58. The molecule has 0 atom stereocenters. The van der Waals surface area contributed by atoms with Crippen molar-refractivity contribution in [1.82, 2.24) is 4.90 Å². The molecule has 0 N–H and O–H groups in total. The zero-order chi connectivity index (χ0) is 10.6. The standard InChI is InChI=1S/C11H19NO2/c1-4-7-14-11(13)12-6-5-9(2)10(3)8-12/h4-8H2,1-3H3. The summed E-state index contributed by atoms with van der Waals surface area (Å²) in [6, 6.07) is 0. The molecule has 1 aliphatic heterocycles. The smallest absolute Gasteiger partial charge is 0.410 e. The van der Waals surface area contributed by atoms with Crippen molar-refractivity contribution in [2.75, 3.05) is 19.7 Å². The van der Waals surface area contributed by atoms with Crippen LogP contribution in [0.4, 0.5) is 4.79 Å². The highest BCUT2D eigenvalue weighted by atomic mass is 16.6. The van der Waals surface area contributed by atoms with E-state index in [1.54, 1.807) is 4.90 Å². The molecule has 0 fully saturated rings. The number of carbonyl (C=O) groups is 1. The molecule has 0 saturated heterocycles. The average molecular weight is 197 g/mol. The van der Waals surface area contributed by atoms with E-state index in [-0.39, 0.29) is 6.09 Å². The van der Waals surface area contributed by atoms with Gasteiger partial charge in [-0.1, -0.05) is 18.1 Å². The Hall–Kier alpha value is -0.990. The Morgan fingerprint density at radius 3 is 2.71 bits per heavy atom. The predicted molar refractivity (Wildman–Crippen MR) is 56.2 cm³/mol. The Morgan fingerprint density at radius 1 is 1.43 bits per heavy atom. The summed E-state index contributed by atoms with van der Waals surface area (Å²) in [6.45, 7) is 8.26. The van der Waals surface area contributed by atoms with Crippen molar-refractivity contribution >= 4 is 6.09 Å². The zero-order valence-corrected chi connectivity index (χ0v) is 9.30. The van der Waals surface area contributed by atoms with Gasteiger partial charge in [-0.05, 0) is 26.7 Å². The Morgan fingerprint density at radius 2 is 2.14 bits per heavy atom. The lowest BCUT2D eigenvalue weighted by Gasteiger charge is -2.27. The van der Waals surface area contributed by atoms with Crippen LogP contribution in [-0.2, 0) is 4.74 Å². The summed E-state index contributed by atoms with van der Waals surface area (Å²) in [4.78, 5) is 13.3. The molecule has 1 amide bonds.